The summed E-state index contributed by atoms with van der Waals surface area (Å²) in [6.45, 7) is 0.308. The summed E-state index contributed by atoms with van der Waals surface area (Å²) in [5.41, 5.74) is 0.749. The van der Waals surface area contributed by atoms with Crippen molar-refractivity contribution in [2.24, 2.45) is 0 Å². The highest BCUT2D eigenvalue weighted by Gasteiger charge is 2.12. The number of carbonyl (C=O) groups is 1. The number of anilines is 1. The molecule has 0 unspecified atom stereocenters. The van der Waals surface area contributed by atoms with Crippen LogP contribution >= 0.6 is 11.3 Å². The first-order valence-corrected chi connectivity index (χ1v) is 8.51. The van der Waals surface area contributed by atoms with E-state index in [1.165, 1.54) is 11.3 Å². The van der Waals surface area contributed by atoms with Crippen LogP contribution < -0.4 is 19.5 Å². The molecule has 0 bridgehead atoms. The van der Waals surface area contributed by atoms with Gasteiger partial charge in [-0.1, -0.05) is 29.5 Å². The fraction of sp³-hybridized carbons (Fsp3) is 0.222. The summed E-state index contributed by atoms with van der Waals surface area (Å²) < 4.78 is 17.0. The first kappa shape index (κ1) is 17.0. The molecule has 6 nitrogen and oxygen atoms in total. The molecule has 0 atom stereocenters. The van der Waals surface area contributed by atoms with Crippen molar-refractivity contribution in [3.05, 3.63) is 42.5 Å². The minimum Gasteiger partial charge on any atom is -0.493 e. The molecule has 0 saturated heterocycles. The highest BCUT2D eigenvalue weighted by molar-refractivity contribution is 7.22. The minimum absolute atomic E-state index is 0.145. The topological polar surface area (TPSA) is 69.7 Å². The van der Waals surface area contributed by atoms with Crippen molar-refractivity contribution in [1.82, 2.24) is 4.98 Å². The lowest BCUT2D eigenvalue weighted by molar-refractivity contribution is -0.116. The number of rotatable bonds is 7. The lowest BCUT2D eigenvalue weighted by atomic mass is 10.3. The molecule has 1 amide bonds. The molecule has 0 spiro atoms. The number of ether oxygens (including phenoxy) is 3. The van der Waals surface area contributed by atoms with Crippen molar-refractivity contribution in [2.45, 2.75) is 6.42 Å². The number of carbonyl (C=O) groups excluding carboxylic acids is 1. The van der Waals surface area contributed by atoms with Crippen LogP contribution in [0.3, 0.4) is 0 Å². The zero-order valence-electron chi connectivity index (χ0n) is 13.9. The second-order valence-corrected chi connectivity index (χ2v) is 6.18. The van der Waals surface area contributed by atoms with Crippen LogP contribution in [0.2, 0.25) is 0 Å². The van der Waals surface area contributed by atoms with E-state index in [0.29, 0.717) is 23.2 Å². The normalized spacial score (nSPS) is 10.5. The van der Waals surface area contributed by atoms with E-state index in [-0.39, 0.29) is 12.3 Å². The van der Waals surface area contributed by atoms with Gasteiger partial charge in [0.15, 0.2) is 16.6 Å². The van der Waals surface area contributed by atoms with E-state index >= 15 is 0 Å². The Morgan fingerprint density at radius 1 is 1.12 bits per heavy atom. The molecular weight excluding hydrogens is 340 g/mol. The molecule has 0 aliphatic heterocycles. The monoisotopic (exact) mass is 358 g/mol. The number of nitrogens with zero attached hydrogens (tertiary/aromatic N) is 1. The van der Waals surface area contributed by atoms with Crippen LogP contribution in [0.1, 0.15) is 6.42 Å². The lowest BCUT2D eigenvalue weighted by Crippen LogP contribution is -2.14. The van der Waals surface area contributed by atoms with Gasteiger partial charge in [0.25, 0.3) is 0 Å². The fourth-order valence-electron chi connectivity index (χ4n) is 2.27. The molecule has 1 N–H and O–H groups in total. The third kappa shape index (κ3) is 4.19. The van der Waals surface area contributed by atoms with Gasteiger partial charge in [-0.2, -0.15) is 0 Å². The van der Waals surface area contributed by atoms with Crippen molar-refractivity contribution in [3.63, 3.8) is 0 Å². The van der Waals surface area contributed by atoms with E-state index in [0.717, 1.165) is 16.0 Å². The van der Waals surface area contributed by atoms with Crippen LogP contribution in [0.5, 0.6) is 17.2 Å². The number of para-hydroxylation sites is 1. The molecular formula is C18H18N2O4S. The maximum absolute atomic E-state index is 12.1. The van der Waals surface area contributed by atoms with Gasteiger partial charge in [0, 0.05) is 12.1 Å². The smallest absolute Gasteiger partial charge is 0.229 e. The van der Waals surface area contributed by atoms with Crippen LogP contribution in [-0.2, 0) is 4.79 Å². The van der Waals surface area contributed by atoms with Crippen molar-refractivity contribution in [2.75, 3.05) is 26.1 Å². The van der Waals surface area contributed by atoms with E-state index in [2.05, 4.69) is 10.3 Å². The van der Waals surface area contributed by atoms with Gasteiger partial charge >= 0.3 is 0 Å². The van der Waals surface area contributed by atoms with E-state index in [1.54, 1.807) is 20.3 Å². The second-order valence-electron chi connectivity index (χ2n) is 5.15. The van der Waals surface area contributed by atoms with E-state index < -0.39 is 0 Å². The van der Waals surface area contributed by atoms with Gasteiger partial charge < -0.3 is 19.5 Å². The first-order chi connectivity index (χ1) is 12.2. The van der Waals surface area contributed by atoms with Crippen molar-refractivity contribution < 1.29 is 19.0 Å². The summed E-state index contributed by atoms with van der Waals surface area (Å²) >= 11 is 1.38. The molecule has 0 aliphatic rings. The third-order valence-electron chi connectivity index (χ3n) is 3.48. The Balaban J connectivity index is 1.61. The number of methoxy groups -OCH3 is 2. The molecule has 7 heteroatoms. The summed E-state index contributed by atoms with van der Waals surface area (Å²) in [6, 6.07) is 13.0. The predicted octanol–water partition coefficient (Wildman–Crippen LogP) is 3.72. The van der Waals surface area contributed by atoms with E-state index in [1.807, 2.05) is 36.4 Å². The largest absolute Gasteiger partial charge is 0.493 e. The Morgan fingerprint density at radius 3 is 2.56 bits per heavy atom. The molecule has 0 fully saturated rings. The molecule has 3 aromatic rings. The Bertz CT molecular complexity index is 823. The van der Waals surface area contributed by atoms with Gasteiger partial charge in [0.05, 0.1) is 37.5 Å². The van der Waals surface area contributed by atoms with Crippen LogP contribution in [0, 0.1) is 0 Å². The predicted molar refractivity (Wildman–Crippen MR) is 97.9 cm³/mol. The molecule has 2 aromatic carbocycles. The van der Waals surface area contributed by atoms with Gasteiger partial charge in [0.2, 0.25) is 5.91 Å². The molecule has 3 rings (SSSR count). The SMILES string of the molecule is COc1cc2nc(NC(=O)CCOc3ccccc3)sc2cc1OC. The molecule has 0 aliphatic carbocycles. The first-order valence-electron chi connectivity index (χ1n) is 7.70. The number of hydrogen-bond donors (Lipinski definition) is 1. The summed E-state index contributed by atoms with van der Waals surface area (Å²) in [5.74, 6) is 1.84. The zero-order valence-corrected chi connectivity index (χ0v) is 14.8. The van der Waals surface area contributed by atoms with Crippen molar-refractivity contribution in [3.8, 4) is 17.2 Å². The average molecular weight is 358 g/mol. The summed E-state index contributed by atoms with van der Waals surface area (Å²) in [7, 11) is 3.16. The van der Waals surface area contributed by atoms with Crippen LogP contribution in [0.4, 0.5) is 5.13 Å². The number of benzene rings is 2. The molecule has 1 heterocycles. The fourth-order valence-corrected chi connectivity index (χ4v) is 3.16. The molecule has 25 heavy (non-hydrogen) atoms. The van der Waals surface area contributed by atoms with Gasteiger partial charge in [0.1, 0.15) is 5.75 Å². The Hall–Kier alpha value is -2.80. The summed E-state index contributed by atoms with van der Waals surface area (Å²) in [4.78, 5) is 16.5. The van der Waals surface area contributed by atoms with Gasteiger partial charge in [-0.3, -0.25) is 4.79 Å². The maximum atomic E-state index is 12.1. The number of amides is 1. The summed E-state index contributed by atoms with van der Waals surface area (Å²) in [5, 5.41) is 3.34. The molecule has 1 aromatic heterocycles. The Labute approximate surface area is 149 Å². The van der Waals surface area contributed by atoms with E-state index in [9.17, 15) is 4.79 Å². The molecule has 130 valence electrons. The van der Waals surface area contributed by atoms with Crippen molar-refractivity contribution in [1.29, 1.82) is 0 Å². The quantitative estimate of drug-likeness (QED) is 0.697. The zero-order chi connectivity index (χ0) is 17.6. The number of fused-ring (bicyclic) bond motifs is 1. The van der Waals surface area contributed by atoms with Crippen molar-refractivity contribution >= 4 is 32.6 Å². The summed E-state index contributed by atoms with van der Waals surface area (Å²) in [6.07, 6.45) is 0.247. The highest BCUT2D eigenvalue weighted by atomic mass is 32.1. The Kier molecular flexibility index (Phi) is 5.35. The number of hydrogen-bond acceptors (Lipinski definition) is 6. The highest BCUT2D eigenvalue weighted by Crippen LogP contribution is 2.36. The van der Waals surface area contributed by atoms with Crippen LogP contribution in [0.25, 0.3) is 10.2 Å². The van der Waals surface area contributed by atoms with Crippen LogP contribution in [0.15, 0.2) is 42.5 Å². The third-order valence-corrected chi connectivity index (χ3v) is 4.41. The van der Waals surface area contributed by atoms with E-state index in [4.69, 9.17) is 14.2 Å². The number of thiazole rings is 1. The molecule has 0 saturated carbocycles. The van der Waals surface area contributed by atoms with Gasteiger partial charge in [-0.05, 0) is 12.1 Å². The second kappa shape index (κ2) is 7.85. The number of nitrogens with one attached hydrogen (secondary N) is 1. The average Bonchev–Trinajstić information content (AvgIpc) is 3.02. The van der Waals surface area contributed by atoms with Gasteiger partial charge in [-0.15, -0.1) is 0 Å². The standard InChI is InChI=1S/C18H18N2O4S/c1-22-14-10-13-16(11-15(14)23-2)25-18(19-13)20-17(21)8-9-24-12-6-4-3-5-7-12/h3-7,10-11H,8-9H2,1-2H3,(H,19,20,21). The van der Waals surface area contributed by atoms with Gasteiger partial charge in [-0.25, -0.2) is 4.98 Å². The molecule has 0 radical (unpaired) electrons. The maximum Gasteiger partial charge on any atom is 0.229 e. The minimum atomic E-state index is -0.145. The van der Waals surface area contributed by atoms with Crippen LogP contribution in [-0.4, -0.2) is 31.7 Å². The Morgan fingerprint density at radius 2 is 1.84 bits per heavy atom. The number of aromatic nitrogens is 1. The lowest BCUT2D eigenvalue weighted by Gasteiger charge is -2.05.